The van der Waals surface area contributed by atoms with Crippen LogP contribution in [-0.4, -0.2) is 45.0 Å². The molecule has 24 heavy (non-hydrogen) atoms. The van der Waals surface area contributed by atoms with Gasteiger partial charge in [-0.25, -0.2) is 13.9 Å². The van der Waals surface area contributed by atoms with E-state index in [1.165, 1.54) is 12.1 Å². The number of benzene rings is 1. The number of H-pyrrole nitrogens is 1. The minimum Gasteiger partial charge on any atom is -0.366 e. The lowest BCUT2D eigenvalue weighted by Gasteiger charge is -2.30. The van der Waals surface area contributed by atoms with Crippen LogP contribution >= 0.6 is 0 Å². The summed E-state index contributed by atoms with van der Waals surface area (Å²) in [5.41, 5.74) is 8.42. The summed E-state index contributed by atoms with van der Waals surface area (Å²) in [4.78, 5) is 18.7. The normalized spacial score (nSPS) is 17.1. The average Bonchev–Trinajstić information content (AvgIpc) is 3.12. The first-order valence-corrected chi connectivity index (χ1v) is 8.29. The number of rotatable bonds is 3. The molecule has 2 aromatic heterocycles. The first kappa shape index (κ1) is 15.1. The Balaban J connectivity index is 1.83. The maximum absolute atomic E-state index is 13.8. The number of hydrogen-bond donors (Lipinski definition) is 2. The summed E-state index contributed by atoms with van der Waals surface area (Å²) in [6.45, 7) is 5.39. The van der Waals surface area contributed by atoms with Gasteiger partial charge in [0.25, 0.3) is 5.91 Å². The highest BCUT2D eigenvalue weighted by Crippen LogP contribution is 2.32. The van der Waals surface area contributed by atoms with Crippen molar-refractivity contribution in [3.8, 4) is 0 Å². The summed E-state index contributed by atoms with van der Waals surface area (Å²) in [6, 6.07) is 2.51. The molecule has 1 amide bonds. The van der Waals surface area contributed by atoms with E-state index < -0.39 is 11.7 Å². The van der Waals surface area contributed by atoms with Gasteiger partial charge in [-0.05, 0) is 44.5 Å². The van der Waals surface area contributed by atoms with Crippen molar-refractivity contribution in [2.75, 3.05) is 19.6 Å². The Morgan fingerprint density at radius 3 is 2.83 bits per heavy atom. The molecule has 1 fully saturated rings. The molecule has 0 atom stereocenters. The summed E-state index contributed by atoms with van der Waals surface area (Å²) in [7, 11) is 0. The molecule has 1 aliphatic heterocycles. The van der Waals surface area contributed by atoms with Crippen molar-refractivity contribution >= 4 is 22.6 Å². The number of nitrogens with zero attached hydrogens (tertiary/aromatic N) is 3. The van der Waals surface area contributed by atoms with Crippen LogP contribution in [0, 0.1) is 5.82 Å². The zero-order chi connectivity index (χ0) is 16.8. The van der Waals surface area contributed by atoms with Crippen LogP contribution in [0.25, 0.3) is 16.7 Å². The predicted molar refractivity (Wildman–Crippen MR) is 89.6 cm³/mol. The molecule has 3 heterocycles. The van der Waals surface area contributed by atoms with E-state index in [-0.39, 0.29) is 5.56 Å². The number of piperidine rings is 1. The maximum Gasteiger partial charge on any atom is 0.251 e. The molecule has 4 rings (SSSR count). The van der Waals surface area contributed by atoms with Crippen LogP contribution in [0.5, 0.6) is 0 Å². The third kappa shape index (κ3) is 2.27. The number of likely N-dealkylation sites (tertiary alicyclic amines) is 1. The largest absolute Gasteiger partial charge is 0.366 e. The highest BCUT2D eigenvalue weighted by atomic mass is 19.1. The Morgan fingerprint density at radius 2 is 2.17 bits per heavy atom. The number of primary amides is 1. The molecule has 3 aromatic rings. The monoisotopic (exact) mass is 329 g/mol. The molecule has 1 aromatic carbocycles. The van der Waals surface area contributed by atoms with Crippen LogP contribution in [0.15, 0.2) is 18.3 Å². The summed E-state index contributed by atoms with van der Waals surface area (Å²) in [5.74, 6) is -0.746. The van der Waals surface area contributed by atoms with Crippen LogP contribution in [0.2, 0.25) is 0 Å². The van der Waals surface area contributed by atoms with E-state index >= 15 is 0 Å². The van der Waals surface area contributed by atoms with Crippen LogP contribution in [0.4, 0.5) is 4.39 Å². The number of fused-ring (bicyclic) bond motifs is 3. The quantitative estimate of drug-likeness (QED) is 0.773. The average molecular weight is 329 g/mol. The van der Waals surface area contributed by atoms with Gasteiger partial charge >= 0.3 is 0 Å². The van der Waals surface area contributed by atoms with Gasteiger partial charge in [-0.1, -0.05) is 6.92 Å². The fraction of sp³-hybridized carbons (Fsp3) is 0.412. The van der Waals surface area contributed by atoms with E-state index in [0.29, 0.717) is 17.0 Å². The summed E-state index contributed by atoms with van der Waals surface area (Å²) in [5, 5.41) is 3.16. The second kappa shape index (κ2) is 5.59. The molecule has 0 spiro atoms. The highest BCUT2D eigenvalue weighted by molar-refractivity contribution is 6.05. The molecule has 3 N–H and O–H groups in total. The summed E-state index contributed by atoms with van der Waals surface area (Å²) in [6.07, 6.45) is 4.09. The SMILES string of the molecule is CCN1CCC(c2c[nH]n3c2nc2cc(F)cc(C(N)=O)c23)CC1. The number of aromatic amines is 1. The lowest BCUT2D eigenvalue weighted by molar-refractivity contribution is 0.100. The van der Waals surface area contributed by atoms with Crippen molar-refractivity contribution in [1.29, 1.82) is 0 Å². The Hall–Kier alpha value is -2.41. The molecule has 1 saturated heterocycles. The fourth-order valence-electron chi connectivity index (χ4n) is 3.74. The predicted octanol–water partition coefficient (Wildman–Crippen LogP) is 2.25. The second-order valence-corrected chi connectivity index (χ2v) is 6.39. The Morgan fingerprint density at radius 1 is 1.42 bits per heavy atom. The fourth-order valence-corrected chi connectivity index (χ4v) is 3.74. The molecule has 126 valence electrons. The van der Waals surface area contributed by atoms with Gasteiger partial charge in [0.05, 0.1) is 11.1 Å². The molecule has 0 bridgehead atoms. The molecule has 7 heteroatoms. The van der Waals surface area contributed by atoms with Crippen LogP contribution < -0.4 is 5.73 Å². The van der Waals surface area contributed by atoms with E-state index in [2.05, 4.69) is 21.9 Å². The molecule has 0 unspecified atom stereocenters. The van der Waals surface area contributed by atoms with Gasteiger partial charge < -0.3 is 10.6 Å². The molecule has 0 aliphatic carbocycles. The minimum atomic E-state index is -0.659. The molecule has 1 aliphatic rings. The van der Waals surface area contributed by atoms with Gasteiger partial charge in [-0.2, -0.15) is 0 Å². The zero-order valence-corrected chi connectivity index (χ0v) is 13.6. The highest BCUT2D eigenvalue weighted by Gasteiger charge is 2.25. The van der Waals surface area contributed by atoms with Gasteiger partial charge in [0, 0.05) is 17.8 Å². The number of aromatic nitrogens is 3. The molecule has 6 nitrogen and oxygen atoms in total. The number of hydrogen-bond acceptors (Lipinski definition) is 3. The number of amides is 1. The number of nitrogens with two attached hydrogens (primary N) is 1. The number of halogens is 1. The van der Waals surface area contributed by atoms with Crippen molar-refractivity contribution in [2.45, 2.75) is 25.7 Å². The smallest absolute Gasteiger partial charge is 0.251 e. The maximum atomic E-state index is 13.8. The van der Waals surface area contributed by atoms with Crippen molar-refractivity contribution < 1.29 is 9.18 Å². The summed E-state index contributed by atoms with van der Waals surface area (Å²) >= 11 is 0. The van der Waals surface area contributed by atoms with Gasteiger partial charge in [-0.15, -0.1) is 0 Å². The van der Waals surface area contributed by atoms with Crippen molar-refractivity contribution in [1.82, 2.24) is 19.5 Å². The third-order valence-corrected chi connectivity index (χ3v) is 5.06. The number of carbonyl (C=O) groups is 1. The van der Waals surface area contributed by atoms with E-state index in [9.17, 15) is 9.18 Å². The van der Waals surface area contributed by atoms with E-state index in [4.69, 9.17) is 5.73 Å². The second-order valence-electron chi connectivity index (χ2n) is 6.39. The van der Waals surface area contributed by atoms with Crippen LogP contribution in [-0.2, 0) is 0 Å². The van der Waals surface area contributed by atoms with Crippen LogP contribution in [0.1, 0.15) is 41.6 Å². The van der Waals surface area contributed by atoms with Gasteiger partial charge in [0.1, 0.15) is 11.3 Å². The lowest BCUT2D eigenvalue weighted by atomic mass is 9.91. The van der Waals surface area contributed by atoms with E-state index in [1.54, 1.807) is 4.52 Å². The van der Waals surface area contributed by atoms with Gasteiger partial charge in [0.15, 0.2) is 5.65 Å². The zero-order valence-electron chi connectivity index (χ0n) is 13.6. The van der Waals surface area contributed by atoms with Crippen molar-refractivity contribution in [3.05, 3.63) is 35.3 Å². The first-order valence-electron chi connectivity index (χ1n) is 8.29. The first-order chi connectivity index (χ1) is 11.6. The minimum absolute atomic E-state index is 0.145. The van der Waals surface area contributed by atoms with E-state index in [1.807, 2.05) is 6.20 Å². The molecular formula is C17H20FN5O. The van der Waals surface area contributed by atoms with E-state index in [0.717, 1.165) is 43.7 Å². The van der Waals surface area contributed by atoms with Gasteiger partial charge in [-0.3, -0.25) is 9.89 Å². The van der Waals surface area contributed by atoms with Crippen molar-refractivity contribution in [2.24, 2.45) is 5.73 Å². The summed E-state index contributed by atoms with van der Waals surface area (Å²) < 4.78 is 15.5. The Kier molecular flexibility index (Phi) is 3.53. The number of imidazole rings is 1. The third-order valence-electron chi connectivity index (χ3n) is 5.06. The number of carbonyl (C=O) groups excluding carboxylic acids is 1. The Labute approximate surface area is 138 Å². The Bertz CT molecular complexity index is 920. The molecule has 0 saturated carbocycles. The lowest BCUT2D eigenvalue weighted by Crippen LogP contribution is -2.32. The van der Waals surface area contributed by atoms with Crippen molar-refractivity contribution in [3.63, 3.8) is 0 Å². The molecular weight excluding hydrogens is 309 g/mol. The standard InChI is InChI=1S/C17H20FN5O/c1-2-22-5-3-10(4-6-22)13-9-20-23-15-12(16(19)24)7-11(18)8-14(15)21-17(13)23/h7-10,20H,2-6H2,1H3,(H2,19,24). The topological polar surface area (TPSA) is 79.4 Å². The van der Waals surface area contributed by atoms with Gasteiger partial charge in [0.2, 0.25) is 0 Å². The van der Waals surface area contributed by atoms with Crippen LogP contribution in [0.3, 0.4) is 0 Å². The number of nitrogens with one attached hydrogen (secondary N) is 1. The molecule has 0 radical (unpaired) electrons.